The molecular weight excluding hydrogens is 336 g/mol. The lowest BCUT2D eigenvalue weighted by atomic mass is 10.2. The Morgan fingerprint density at radius 1 is 1.28 bits per heavy atom. The summed E-state index contributed by atoms with van der Waals surface area (Å²) in [6.45, 7) is 6.69. The molecule has 2 amide bonds. The molecule has 25 heavy (non-hydrogen) atoms. The molecule has 1 aliphatic rings. The summed E-state index contributed by atoms with van der Waals surface area (Å²) in [6.07, 6.45) is 1.13. The number of nitrogens with zero attached hydrogens (tertiary/aromatic N) is 1. The van der Waals surface area contributed by atoms with Crippen molar-refractivity contribution < 1.29 is 14.3 Å². The molecule has 138 valence electrons. The predicted octanol–water partition coefficient (Wildman–Crippen LogP) is 3.44. The molecule has 1 aromatic carbocycles. The van der Waals surface area contributed by atoms with Gasteiger partial charge in [0.25, 0.3) is 0 Å². The molecule has 0 aromatic heterocycles. The average Bonchev–Trinajstić information content (AvgIpc) is 3.03. The summed E-state index contributed by atoms with van der Waals surface area (Å²) in [5, 5.41) is 2.95. The normalized spacial score (nSPS) is 17.4. The van der Waals surface area contributed by atoms with Gasteiger partial charge in [-0.15, -0.1) is 0 Å². The van der Waals surface area contributed by atoms with E-state index in [1.165, 1.54) is 5.56 Å². The first-order chi connectivity index (χ1) is 11.9. The third-order valence-electron chi connectivity index (χ3n) is 3.84. The van der Waals surface area contributed by atoms with Crippen molar-refractivity contribution >= 4 is 23.8 Å². The zero-order valence-electron chi connectivity index (χ0n) is 15.3. The van der Waals surface area contributed by atoms with Crippen LogP contribution in [-0.4, -0.2) is 47.4 Å². The van der Waals surface area contributed by atoms with Crippen molar-refractivity contribution in [2.45, 2.75) is 51.0 Å². The summed E-state index contributed by atoms with van der Waals surface area (Å²) in [5.74, 6) is 1.70. The zero-order valence-corrected chi connectivity index (χ0v) is 16.1. The van der Waals surface area contributed by atoms with Crippen molar-refractivity contribution in [1.29, 1.82) is 0 Å². The quantitative estimate of drug-likeness (QED) is 0.786. The van der Waals surface area contributed by atoms with Gasteiger partial charge in [0.05, 0.1) is 0 Å². The molecule has 5 nitrogen and oxygen atoms in total. The van der Waals surface area contributed by atoms with Gasteiger partial charge >= 0.3 is 6.09 Å². The summed E-state index contributed by atoms with van der Waals surface area (Å²) < 4.78 is 5.40. The van der Waals surface area contributed by atoms with E-state index < -0.39 is 17.7 Å². The summed E-state index contributed by atoms with van der Waals surface area (Å²) in [7, 11) is 0. The van der Waals surface area contributed by atoms with Gasteiger partial charge in [0.2, 0.25) is 5.91 Å². The monoisotopic (exact) mass is 364 g/mol. The van der Waals surface area contributed by atoms with Crippen LogP contribution in [0.25, 0.3) is 0 Å². The molecule has 1 atom stereocenters. The van der Waals surface area contributed by atoms with Crippen LogP contribution in [0, 0.1) is 0 Å². The van der Waals surface area contributed by atoms with Crippen molar-refractivity contribution in [3.05, 3.63) is 35.9 Å². The van der Waals surface area contributed by atoms with Gasteiger partial charge in [-0.25, -0.2) is 4.79 Å². The lowest BCUT2D eigenvalue weighted by Crippen LogP contribution is -2.47. The minimum Gasteiger partial charge on any atom is -0.444 e. The number of hydrogen-bond acceptors (Lipinski definition) is 4. The van der Waals surface area contributed by atoms with Crippen LogP contribution in [-0.2, 0) is 15.3 Å². The number of ether oxygens (including phenoxy) is 1. The molecule has 0 radical (unpaired) electrons. The molecule has 0 spiro atoms. The molecule has 0 bridgehead atoms. The molecule has 1 aromatic rings. The smallest absolute Gasteiger partial charge is 0.410 e. The number of likely N-dealkylation sites (tertiary alicyclic amines) is 1. The molecule has 0 unspecified atom stereocenters. The van der Waals surface area contributed by atoms with Crippen LogP contribution in [0.2, 0.25) is 0 Å². The molecule has 1 heterocycles. The van der Waals surface area contributed by atoms with E-state index in [4.69, 9.17) is 4.74 Å². The summed E-state index contributed by atoms with van der Waals surface area (Å²) >= 11 is 1.79. The van der Waals surface area contributed by atoms with Crippen LogP contribution in [0.4, 0.5) is 4.79 Å². The maximum atomic E-state index is 12.4. The summed E-state index contributed by atoms with van der Waals surface area (Å²) in [5.41, 5.74) is 0.736. The number of hydrogen-bond donors (Lipinski definition) is 1. The van der Waals surface area contributed by atoms with E-state index >= 15 is 0 Å². The number of benzene rings is 1. The van der Waals surface area contributed by atoms with Gasteiger partial charge in [0.1, 0.15) is 11.6 Å². The van der Waals surface area contributed by atoms with Crippen LogP contribution in [0.5, 0.6) is 0 Å². The Labute approximate surface area is 154 Å². The van der Waals surface area contributed by atoms with Crippen LogP contribution in [0.15, 0.2) is 30.3 Å². The van der Waals surface area contributed by atoms with Gasteiger partial charge in [0.15, 0.2) is 0 Å². The highest BCUT2D eigenvalue weighted by molar-refractivity contribution is 7.98. The van der Waals surface area contributed by atoms with E-state index in [0.717, 1.165) is 17.9 Å². The second-order valence-electron chi connectivity index (χ2n) is 7.16. The maximum absolute atomic E-state index is 12.4. The van der Waals surface area contributed by atoms with E-state index in [1.807, 2.05) is 39.0 Å². The summed E-state index contributed by atoms with van der Waals surface area (Å²) in [4.78, 5) is 26.2. The van der Waals surface area contributed by atoms with Crippen molar-refractivity contribution in [2.75, 3.05) is 18.8 Å². The highest BCUT2D eigenvalue weighted by Crippen LogP contribution is 2.21. The average molecular weight is 365 g/mol. The Morgan fingerprint density at radius 2 is 2.00 bits per heavy atom. The number of carbonyl (C=O) groups excluding carboxylic acids is 2. The number of thioether (sulfide) groups is 1. The maximum Gasteiger partial charge on any atom is 0.410 e. The Balaban J connectivity index is 1.71. The first-order valence-corrected chi connectivity index (χ1v) is 9.91. The van der Waals surface area contributed by atoms with E-state index in [0.29, 0.717) is 19.5 Å². The molecule has 2 rings (SSSR count). The van der Waals surface area contributed by atoms with Crippen LogP contribution < -0.4 is 5.32 Å². The Kier molecular flexibility index (Phi) is 7.17. The second-order valence-corrected chi connectivity index (χ2v) is 8.27. The van der Waals surface area contributed by atoms with Gasteiger partial charge in [-0.3, -0.25) is 9.69 Å². The number of amides is 2. The number of rotatable bonds is 6. The van der Waals surface area contributed by atoms with Gasteiger partial charge in [0, 0.05) is 24.6 Å². The Bertz CT molecular complexity index is 572. The Morgan fingerprint density at radius 3 is 2.68 bits per heavy atom. The highest BCUT2D eigenvalue weighted by Gasteiger charge is 2.36. The highest BCUT2D eigenvalue weighted by atomic mass is 32.2. The molecule has 1 saturated heterocycles. The van der Waals surface area contributed by atoms with Crippen LogP contribution in [0.3, 0.4) is 0 Å². The topological polar surface area (TPSA) is 58.6 Å². The molecule has 1 N–H and O–H groups in total. The minimum atomic E-state index is -0.547. The lowest BCUT2D eigenvalue weighted by molar-refractivity contribution is -0.125. The molecule has 1 fully saturated rings. The molecule has 0 aliphatic carbocycles. The van der Waals surface area contributed by atoms with Gasteiger partial charge in [-0.05, 0) is 39.2 Å². The second kappa shape index (κ2) is 9.13. The molecular formula is C19H28N2O3S. The van der Waals surface area contributed by atoms with Crippen molar-refractivity contribution in [2.24, 2.45) is 0 Å². The van der Waals surface area contributed by atoms with E-state index in [2.05, 4.69) is 17.4 Å². The largest absolute Gasteiger partial charge is 0.444 e. The predicted molar refractivity (Wildman–Crippen MR) is 102 cm³/mol. The molecule has 0 saturated carbocycles. The van der Waals surface area contributed by atoms with Gasteiger partial charge in [-0.1, -0.05) is 30.3 Å². The van der Waals surface area contributed by atoms with E-state index in [1.54, 1.807) is 16.7 Å². The fraction of sp³-hybridized carbons (Fsp3) is 0.579. The minimum absolute atomic E-state index is 0.0799. The third kappa shape index (κ3) is 6.61. The van der Waals surface area contributed by atoms with Gasteiger partial charge < -0.3 is 10.1 Å². The first kappa shape index (κ1) is 19.6. The SMILES string of the molecule is CC(C)(C)OC(=O)N1CCC[C@H]1C(=O)NCCSCc1ccccc1. The van der Waals surface area contributed by atoms with Crippen molar-refractivity contribution in [3.63, 3.8) is 0 Å². The summed E-state index contributed by atoms with van der Waals surface area (Å²) in [6, 6.07) is 9.86. The fourth-order valence-corrected chi connectivity index (χ4v) is 3.53. The standard InChI is InChI=1S/C19H28N2O3S/c1-19(2,3)24-18(23)21-12-7-10-16(21)17(22)20-11-13-25-14-15-8-5-4-6-9-15/h4-6,8-9,16H,7,10-14H2,1-3H3,(H,20,22)/t16-/m0/s1. The molecule has 1 aliphatic heterocycles. The zero-order chi connectivity index (χ0) is 18.3. The first-order valence-electron chi connectivity index (χ1n) is 8.76. The van der Waals surface area contributed by atoms with Crippen LogP contribution in [0.1, 0.15) is 39.2 Å². The molecule has 6 heteroatoms. The Hall–Kier alpha value is -1.69. The van der Waals surface area contributed by atoms with E-state index in [-0.39, 0.29) is 5.91 Å². The third-order valence-corrected chi connectivity index (χ3v) is 4.87. The van der Waals surface area contributed by atoms with Crippen molar-refractivity contribution in [1.82, 2.24) is 10.2 Å². The van der Waals surface area contributed by atoms with Crippen molar-refractivity contribution in [3.8, 4) is 0 Å². The van der Waals surface area contributed by atoms with Gasteiger partial charge in [-0.2, -0.15) is 11.8 Å². The lowest BCUT2D eigenvalue weighted by Gasteiger charge is -2.28. The number of nitrogens with one attached hydrogen (secondary N) is 1. The number of carbonyl (C=O) groups is 2. The fourth-order valence-electron chi connectivity index (χ4n) is 2.71. The van der Waals surface area contributed by atoms with Crippen LogP contribution >= 0.6 is 11.8 Å². The van der Waals surface area contributed by atoms with E-state index in [9.17, 15) is 9.59 Å².